The lowest BCUT2D eigenvalue weighted by molar-refractivity contribution is 0.0590. The molecule has 2 aromatic rings. The average molecular weight is 321 g/mol. The Balaban J connectivity index is 2.58. The number of aryl methyl sites for hydroxylation is 1. The van der Waals surface area contributed by atoms with Gasteiger partial charge in [0, 0.05) is 16.8 Å². The molecule has 0 radical (unpaired) electrons. The van der Waals surface area contributed by atoms with Gasteiger partial charge in [-0.3, -0.25) is 4.79 Å². The van der Waals surface area contributed by atoms with Crippen molar-refractivity contribution >= 4 is 17.6 Å². The molecule has 1 aromatic heterocycles. The minimum atomic E-state index is -0.741. The third-order valence-corrected chi connectivity index (χ3v) is 3.49. The molecule has 1 aromatic carbocycles. The lowest BCUT2D eigenvalue weighted by atomic mass is 10.1. The van der Waals surface area contributed by atoms with Crippen LogP contribution in [-0.4, -0.2) is 22.9 Å². The normalized spacial score (nSPS) is 10.5. The quantitative estimate of drug-likeness (QED) is 0.794. The van der Waals surface area contributed by atoms with Crippen molar-refractivity contribution in [2.24, 2.45) is 0 Å². The predicted molar refractivity (Wildman–Crippen MR) is 84.8 cm³/mol. The van der Waals surface area contributed by atoms with Crippen molar-refractivity contribution in [3.05, 3.63) is 57.0 Å². The topological polar surface area (TPSA) is 61.2 Å². The number of methoxy groups -OCH3 is 1. The van der Waals surface area contributed by atoms with Gasteiger partial charge >= 0.3 is 5.97 Å². The van der Waals surface area contributed by atoms with Crippen molar-refractivity contribution in [2.75, 3.05) is 7.11 Å². The van der Waals surface area contributed by atoms with E-state index >= 15 is 0 Å². The Bertz CT molecular complexity index is 723. The van der Waals surface area contributed by atoms with Crippen LogP contribution in [0, 0.1) is 0 Å². The zero-order valence-electron chi connectivity index (χ0n) is 12.5. The molecule has 0 spiro atoms. The van der Waals surface area contributed by atoms with Crippen LogP contribution in [0.4, 0.5) is 0 Å². The summed E-state index contributed by atoms with van der Waals surface area (Å²) in [4.78, 5) is 23.7. The molecule has 5 nitrogen and oxygen atoms in total. The minimum Gasteiger partial charge on any atom is -0.464 e. The van der Waals surface area contributed by atoms with Crippen molar-refractivity contribution in [3.63, 3.8) is 0 Å². The van der Waals surface area contributed by atoms with E-state index in [1.165, 1.54) is 13.2 Å². The molecule has 0 fully saturated rings. The third-order valence-electron chi connectivity index (χ3n) is 3.24. The summed E-state index contributed by atoms with van der Waals surface area (Å²) < 4.78 is 6.21. The molecule has 0 atom stereocenters. The first kappa shape index (κ1) is 16.2. The highest BCUT2D eigenvalue weighted by molar-refractivity contribution is 6.30. The number of benzene rings is 1. The van der Waals surface area contributed by atoms with Gasteiger partial charge < -0.3 is 4.74 Å². The maximum atomic E-state index is 12.0. The fourth-order valence-corrected chi connectivity index (χ4v) is 2.20. The third kappa shape index (κ3) is 3.54. The number of rotatable bonds is 5. The van der Waals surface area contributed by atoms with Crippen LogP contribution >= 0.6 is 11.6 Å². The number of carbonyl (C=O) groups is 1. The van der Waals surface area contributed by atoms with Gasteiger partial charge in [0.1, 0.15) is 0 Å². The van der Waals surface area contributed by atoms with Gasteiger partial charge in [0.25, 0.3) is 0 Å². The molecule has 22 heavy (non-hydrogen) atoms. The van der Waals surface area contributed by atoms with E-state index in [2.05, 4.69) is 16.8 Å². The van der Waals surface area contributed by atoms with E-state index in [9.17, 15) is 9.59 Å². The zero-order valence-corrected chi connectivity index (χ0v) is 13.3. The number of ether oxygens (including phenoxy) is 1. The lowest BCUT2D eigenvalue weighted by Gasteiger charge is -2.13. The number of halogens is 1. The Kier molecular flexibility index (Phi) is 5.33. The molecule has 0 aliphatic heterocycles. The van der Waals surface area contributed by atoms with E-state index in [0.717, 1.165) is 24.2 Å². The molecule has 6 heteroatoms. The largest absolute Gasteiger partial charge is 0.464 e. The van der Waals surface area contributed by atoms with Gasteiger partial charge in [-0.15, -0.1) is 0 Å². The summed E-state index contributed by atoms with van der Waals surface area (Å²) in [7, 11) is 1.22. The van der Waals surface area contributed by atoms with E-state index in [1.807, 2.05) is 0 Å². The molecular formula is C16H17ClN2O3. The van der Waals surface area contributed by atoms with Crippen LogP contribution in [0.2, 0.25) is 5.02 Å². The molecule has 2 rings (SSSR count). The minimum absolute atomic E-state index is 0.224. The zero-order chi connectivity index (χ0) is 16.1. The summed E-state index contributed by atoms with van der Waals surface area (Å²) in [5.74, 6) is -0.741. The Hall–Kier alpha value is -2.14. The number of aromatic nitrogens is 2. The number of carbonyl (C=O) groups excluding carboxylic acids is 1. The SMILES string of the molecule is CCCCc1cc(=O)c(C(=O)OC)nn1-c1ccc(Cl)cc1. The van der Waals surface area contributed by atoms with E-state index in [4.69, 9.17) is 11.6 Å². The first-order valence-corrected chi connectivity index (χ1v) is 7.42. The number of esters is 1. The van der Waals surface area contributed by atoms with Crippen molar-refractivity contribution in [1.82, 2.24) is 9.78 Å². The monoisotopic (exact) mass is 320 g/mol. The van der Waals surface area contributed by atoms with E-state index in [1.54, 1.807) is 28.9 Å². The fourth-order valence-electron chi connectivity index (χ4n) is 2.07. The average Bonchev–Trinajstić information content (AvgIpc) is 2.53. The van der Waals surface area contributed by atoms with Gasteiger partial charge in [0.15, 0.2) is 0 Å². The molecule has 0 amide bonds. The Labute approximate surface area is 133 Å². The fraction of sp³-hybridized carbons (Fsp3) is 0.312. The van der Waals surface area contributed by atoms with Gasteiger partial charge in [-0.05, 0) is 37.1 Å². The van der Waals surface area contributed by atoms with Crippen LogP contribution in [0.25, 0.3) is 5.69 Å². The van der Waals surface area contributed by atoms with E-state index in [0.29, 0.717) is 11.4 Å². The standard InChI is InChI=1S/C16H17ClN2O3/c1-3-4-5-13-10-14(20)15(16(21)22-2)18-19(13)12-8-6-11(17)7-9-12/h6-10H,3-5H2,1-2H3. The molecular weight excluding hydrogens is 304 g/mol. The summed E-state index contributed by atoms with van der Waals surface area (Å²) in [6.07, 6.45) is 2.61. The highest BCUT2D eigenvalue weighted by Gasteiger charge is 2.16. The van der Waals surface area contributed by atoms with Crippen molar-refractivity contribution in [3.8, 4) is 5.69 Å². The van der Waals surface area contributed by atoms with E-state index in [-0.39, 0.29) is 5.69 Å². The molecule has 0 aliphatic rings. The second-order valence-corrected chi connectivity index (χ2v) is 5.27. The van der Waals surface area contributed by atoms with E-state index < -0.39 is 11.4 Å². The van der Waals surface area contributed by atoms with Crippen LogP contribution in [0.1, 0.15) is 35.9 Å². The van der Waals surface area contributed by atoms with Crippen LogP contribution < -0.4 is 5.43 Å². The summed E-state index contributed by atoms with van der Waals surface area (Å²) in [6, 6.07) is 8.49. The maximum Gasteiger partial charge on any atom is 0.362 e. The van der Waals surface area contributed by atoms with Crippen molar-refractivity contribution in [2.45, 2.75) is 26.2 Å². The Morgan fingerprint density at radius 2 is 2.00 bits per heavy atom. The number of hydrogen-bond acceptors (Lipinski definition) is 4. The summed E-state index contributed by atoms with van der Waals surface area (Å²) in [6.45, 7) is 2.07. The second-order valence-electron chi connectivity index (χ2n) is 4.83. The molecule has 0 unspecified atom stereocenters. The smallest absolute Gasteiger partial charge is 0.362 e. The molecule has 116 valence electrons. The lowest BCUT2D eigenvalue weighted by Crippen LogP contribution is -2.24. The number of nitrogens with zero attached hydrogens (tertiary/aromatic N) is 2. The van der Waals surface area contributed by atoms with Gasteiger partial charge in [0.2, 0.25) is 11.1 Å². The summed E-state index contributed by atoms with van der Waals surface area (Å²) in [5, 5.41) is 4.79. The highest BCUT2D eigenvalue weighted by Crippen LogP contribution is 2.15. The molecule has 0 bridgehead atoms. The molecule has 0 saturated heterocycles. The van der Waals surface area contributed by atoms with Crippen molar-refractivity contribution in [1.29, 1.82) is 0 Å². The van der Waals surface area contributed by atoms with Gasteiger partial charge in [-0.25, -0.2) is 9.48 Å². The first-order valence-electron chi connectivity index (χ1n) is 7.04. The maximum absolute atomic E-state index is 12.0. The Morgan fingerprint density at radius 1 is 1.32 bits per heavy atom. The van der Waals surface area contributed by atoms with Crippen LogP contribution in [-0.2, 0) is 11.2 Å². The molecule has 1 heterocycles. The van der Waals surface area contributed by atoms with Crippen LogP contribution in [0.3, 0.4) is 0 Å². The van der Waals surface area contributed by atoms with Crippen LogP contribution in [0.15, 0.2) is 35.1 Å². The second kappa shape index (κ2) is 7.22. The first-order chi connectivity index (χ1) is 10.6. The summed E-state index contributed by atoms with van der Waals surface area (Å²) in [5.41, 5.74) is 0.836. The molecule has 0 aliphatic carbocycles. The highest BCUT2D eigenvalue weighted by atomic mass is 35.5. The Morgan fingerprint density at radius 3 is 2.59 bits per heavy atom. The molecule has 0 saturated carbocycles. The number of unbranched alkanes of at least 4 members (excludes halogenated alkanes) is 1. The predicted octanol–water partition coefficient (Wildman–Crippen LogP) is 3.02. The van der Waals surface area contributed by atoms with Gasteiger partial charge in [0.05, 0.1) is 12.8 Å². The van der Waals surface area contributed by atoms with Gasteiger partial charge in [-0.2, -0.15) is 5.10 Å². The number of hydrogen-bond donors (Lipinski definition) is 0. The molecule has 0 N–H and O–H groups in total. The van der Waals surface area contributed by atoms with Crippen LogP contribution in [0.5, 0.6) is 0 Å². The van der Waals surface area contributed by atoms with Gasteiger partial charge in [-0.1, -0.05) is 24.9 Å². The summed E-state index contributed by atoms with van der Waals surface area (Å²) >= 11 is 5.90. The van der Waals surface area contributed by atoms with Crippen molar-refractivity contribution < 1.29 is 9.53 Å².